The minimum absolute atomic E-state index is 0.466. The van der Waals surface area contributed by atoms with Crippen LogP contribution in [0.5, 0.6) is 0 Å². The molecule has 0 aromatic rings. The second-order valence-electron chi connectivity index (χ2n) is 9.48. The maximum Gasteiger partial charge on any atom is 0.284 e. The van der Waals surface area contributed by atoms with Crippen LogP contribution in [0, 0.1) is 0 Å². The van der Waals surface area contributed by atoms with Crippen LogP contribution in [-0.2, 0) is 20.2 Å². The van der Waals surface area contributed by atoms with Crippen molar-refractivity contribution in [1.82, 2.24) is 0 Å². The zero-order valence-corrected chi connectivity index (χ0v) is 24.5. The van der Waals surface area contributed by atoms with Gasteiger partial charge in [-0.1, -0.05) is 123 Å². The first-order valence-electron chi connectivity index (χ1n) is 12.2. The monoisotopic (exact) mass is 516 g/mol. The normalized spacial score (nSPS) is 15.3. The van der Waals surface area contributed by atoms with Crippen molar-refractivity contribution in [3.63, 3.8) is 0 Å². The van der Waals surface area contributed by atoms with Crippen molar-refractivity contribution in [3.8, 4) is 0 Å². The molecule has 0 rings (SSSR count). The van der Waals surface area contributed by atoms with E-state index in [0.29, 0.717) is 37.4 Å². The molecule has 0 aliphatic heterocycles. The Hall–Kier alpha value is 0.254. The molecule has 10 heteroatoms. The molecule has 0 heterocycles. The molecule has 0 spiro atoms. The van der Waals surface area contributed by atoms with E-state index in [1.54, 1.807) is 6.92 Å². The van der Waals surface area contributed by atoms with E-state index >= 15 is 0 Å². The molecule has 188 valence electrons. The Morgan fingerprint density at radius 1 is 0.613 bits per heavy atom. The molecule has 2 N–H and O–H groups in total. The first kappa shape index (κ1) is 31.3. The summed E-state index contributed by atoms with van der Waals surface area (Å²) in [6.07, 6.45) is 4.43. The molecule has 0 radical (unpaired) electrons. The first-order valence-corrected chi connectivity index (χ1v) is 20.4. The minimum Gasteiger partial charge on any atom is -0.285 e. The summed E-state index contributed by atoms with van der Waals surface area (Å²) in [5.74, 6) is 0. The van der Waals surface area contributed by atoms with Crippen molar-refractivity contribution in [1.29, 1.82) is 0 Å². The molecular weight excluding hydrogens is 469 g/mol. The van der Waals surface area contributed by atoms with E-state index in [-0.39, 0.29) is 0 Å². The number of hydrogen-bond donors (Lipinski definition) is 2. The van der Waals surface area contributed by atoms with Crippen LogP contribution in [0.3, 0.4) is 0 Å². The average molecular weight is 517 g/mol. The second kappa shape index (κ2) is 12.6. The highest BCUT2D eigenvalue weighted by Crippen LogP contribution is 2.56. The lowest BCUT2D eigenvalue weighted by Gasteiger charge is -2.53. The summed E-state index contributed by atoms with van der Waals surface area (Å²) in [5.41, 5.74) is -0.763. The van der Waals surface area contributed by atoms with Crippen molar-refractivity contribution in [2.24, 2.45) is 0 Å². The zero-order valence-electron chi connectivity index (χ0n) is 20.9. The number of hydrogen-bond acceptors (Lipinski definition) is 4. The molecule has 0 aromatic carbocycles. The van der Waals surface area contributed by atoms with Crippen LogP contribution in [0.15, 0.2) is 0 Å². The van der Waals surface area contributed by atoms with E-state index in [1.165, 1.54) is 0 Å². The van der Waals surface area contributed by atoms with E-state index < -0.39 is 45.6 Å². The molecule has 1 unspecified atom stereocenters. The van der Waals surface area contributed by atoms with Crippen LogP contribution < -0.4 is 0 Å². The summed E-state index contributed by atoms with van der Waals surface area (Å²) in [5, 5.41) is 0. The van der Waals surface area contributed by atoms with Crippen LogP contribution in [0.25, 0.3) is 0 Å². The summed E-state index contributed by atoms with van der Waals surface area (Å²) in [6, 6.07) is 3.81. The van der Waals surface area contributed by atoms with Gasteiger partial charge in [0.1, 0.15) is 8.07 Å². The van der Waals surface area contributed by atoms with Gasteiger partial charge in [-0.2, -0.15) is 16.8 Å². The predicted octanol–water partition coefficient (Wildman–Crippen LogP) is 6.75. The van der Waals surface area contributed by atoms with Gasteiger partial charge in [0.25, 0.3) is 20.2 Å². The lowest BCUT2D eigenvalue weighted by molar-refractivity contribution is 0.436. The van der Waals surface area contributed by atoms with Gasteiger partial charge < -0.3 is 0 Å². The summed E-state index contributed by atoms with van der Waals surface area (Å²) >= 11 is 0. The minimum atomic E-state index is -5.09. The Morgan fingerprint density at radius 2 is 0.871 bits per heavy atom. The maximum atomic E-state index is 13.3. The Balaban J connectivity index is 7.71. The highest BCUT2D eigenvalue weighted by atomic mass is 32.3. The fraction of sp³-hybridized carbons (Fsp3) is 1.00. The largest absolute Gasteiger partial charge is 0.285 e. The molecule has 0 saturated heterocycles. The van der Waals surface area contributed by atoms with Gasteiger partial charge in [0.05, 0.1) is 8.07 Å². The van der Waals surface area contributed by atoms with Gasteiger partial charge in [0.2, 0.25) is 3.70 Å². The van der Waals surface area contributed by atoms with Gasteiger partial charge in [-0.15, -0.1) is 0 Å². The molecule has 1 atom stereocenters. The van der Waals surface area contributed by atoms with Crippen molar-refractivity contribution in [2.45, 2.75) is 132 Å². The third-order valence-electron chi connectivity index (χ3n) is 7.42. The quantitative estimate of drug-likeness (QED) is 0.163. The lowest BCUT2D eigenvalue weighted by Crippen LogP contribution is -2.72. The Kier molecular flexibility index (Phi) is 12.7. The van der Waals surface area contributed by atoms with Gasteiger partial charge >= 0.3 is 0 Å². The molecule has 0 aliphatic rings. The van der Waals surface area contributed by atoms with Gasteiger partial charge in [0, 0.05) is 0 Å². The third-order valence-corrected chi connectivity index (χ3v) is 28.8. The summed E-state index contributed by atoms with van der Waals surface area (Å²) in [7, 11) is -15.9. The van der Waals surface area contributed by atoms with Crippen LogP contribution in [0.1, 0.15) is 87.0 Å². The lowest BCUT2D eigenvalue weighted by atomic mass is 10.5. The highest BCUT2D eigenvalue weighted by molar-refractivity contribution is 8.08. The van der Waals surface area contributed by atoms with Crippen molar-refractivity contribution in [3.05, 3.63) is 0 Å². The standard InChI is InChI=1S/C21H48O6S2Si2/c1-8-14-30(15-9-2,16-10-3)20(7)21(28(22,23)24,29(25,26)27)31(17-11-4,18-12-5)19-13-6/h20H,8-19H2,1-7H3,(H,22,23,24)(H,25,26,27). The fourth-order valence-electron chi connectivity index (χ4n) is 6.84. The van der Waals surface area contributed by atoms with Gasteiger partial charge in [-0.3, -0.25) is 9.11 Å². The molecule has 0 aliphatic carbocycles. The molecule has 0 amide bonds. The van der Waals surface area contributed by atoms with Gasteiger partial charge in [-0.05, 0) is 5.54 Å². The molecule has 31 heavy (non-hydrogen) atoms. The van der Waals surface area contributed by atoms with Gasteiger partial charge in [0.15, 0.2) is 0 Å². The van der Waals surface area contributed by atoms with Crippen LogP contribution in [0.4, 0.5) is 0 Å². The topological polar surface area (TPSA) is 109 Å². The van der Waals surface area contributed by atoms with Crippen molar-refractivity contribution >= 4 is 36.4 Å². The maximum absolute atomic E-state index is 13.3. The second-order valence-corrected chi connectivity index (χ2v) is 23.6. The van der Waals surface area contributed by atoms with Crippen LogP contribution >= 0.6 is 0 Å². The third kappa shape index (κ3) is 6.04. The van der Waals surface area contributed by atoms with E-state index in [2.05, 4.69) is 20.8 Å². The molecule has 0 saturated carbocycles. The Labute approximate surface area is 194 Å². The summed E-state index contributed by atoms with van der Waals surface area (Å²) in [4.78, 5) is 0. The predicted molar refractivity (Wildman–Crippen MR) is 137 cm³/mol. The average Bonchev–Trinajstić information content (AvgIpc) is 2.60. The Bertz CT molecular complexity index is 671. The highest BCUT2D eigenvalue weighted by Gasteiger charge is 2.73. The van der Waals surface area contributed by atoms with Crippen molar-refractivity contribution < 1.29 is 25.9 Å². The van der Waals surface area contributed by atoms with E-state index in [1.807, 2.05) is 20.8 Å². The first-order chi connectivity index (χ1) is 14.3. The number of rotatable bonds is 17. The van der Waals surface area contributed by atoms with Crippen LogP contribution in [0.2, 0.25) is 41.8 Å². The Morgan fingerprint density at radius 3 is 1.06 bits per heavy atom. The molecule has 0 aromatic heterocycles. The smallest absolute Gasteiger partial charge is 0.284 e. The van der Waals surface area contributed by atoms with Crippen LogP contribution in [-0.4, -0.2) is 45.8 Å². The molecule has 0 bridgehead atoms. The fourth-order valence-corrected chi connectivity index (χ4v) is 30.7. The van der Waals surface area contributed by atoms with E-state index in [9.17, 15) is 25.9 Å². The summed E-state index contributed by atoms with van der Waals surface area (Å²) < 4.78 is 72.5. The summed E-state index contributed by atoms with van der Waals surface area (Å²) in [6.45, 7) is 13.7. The molecule has 0 fully saturated rings. The van der Waals surface area contributed by atoms with Gasteiger partial charge in [-0.25, -0.2) is 0 Å². The van der Waals surface area contributed by atoms with Crippen molar-refractivity contribution in [2.75, 3.05) is 0 Å². The molecule has 6 nitrogen and oxygen atoms in total. The molecular formula is C21H48O6S2Si2. The van der Waals surface area contributed by atoms with E-state index in [4.69, 9.17) is 0 Å². The van der Waals surface area contributed by atoms with E-state index in [0.717, 1.165) is 37.4 Å². The zero-order chi connectivity index (χ0) is 24.6. The SMILES string of the molecule is CCC[Si](CCC)(CCC)C(C)C([Si](CCC)(CCC)CCC)(S(=O)(=O)O)S(=O)(=O)O.